The molecule has 3 heteroatoms. The summed E-state index contributed by atoms with van der Waals surface area (Å²) in [7, 11) is 1.72. The molecule has 1 aromatic rings. The van der Waals surface area contributed by atoms with Crippen molar-refractivity contribution in [3.05, 3.63) is 35.1 Å². The van der Waals surface area contributed by atoms with Crippen molar-refractivity contribution in [3.8, 4) is 0 Å². The Hall–Kier alpha value is -0.930. The maximum absolute atomic E-state index is 13.1. The number of ether oxygens (including phenoxy) is 1. The van der Waals surface area contributed by atoms with Gasteiger partial charge in [0, 0.05) is 25.8 Å². The van der Waals surface area contributed by atoms with Crippen LogP contribution in [0.3, 0.4) is 0 Å². The van der Waals surface area contributed by atoms with E-state index in [0.717, 1.165) is 31.4 Å². The van der Waals surface area contributed by atoms with Gasteiger partial charge < -0.3 is 10.1 Å². The van der Waals surface area contributed by atoms with Gasteiger partial charge in [0.05, 0.1) is 0 Å². The molecule has 1 N–H and O–H groups in total. The van der Waals surface area contributed by atoms with E-state index in [-0.39, 0.29) is 5.82 Å². The lowest BCUT2D eigenvalue weighted by Crippen LogP contribution is -2.30. The third-order valence-electron chi connectivity index (χ3n) is 3.42. The van der Waals surface area contributed by atoms with Crippen LogP contribution < -0.4 is 5.32 Å². The average molecular weight is 237 g/mol. The molecule has 0 fully saturated rings. The first-order valence-corrected chi connectivity index (χ1v) is 6.24. The van der Waals surface area contributed by atoms with Crippen molar-refractivity contribution in [2.75, 3.05) is 13.7 Å². The largest absolute Gasteiger partial charge is 0.385 e. The van der Waals surface area contributed by atoms with Gasteiger partial charge >= 0.3 is 0 Å². The number of rotatable bonds is 5. The molecule has 0 spiro atoms. The van der Waals surface area contributed by atoms with E-state index in [9.17, 15) is 4.39 Å². The minimum atomic E-state index is -0.128. The number of nitrogens with one attached hydrogen (secondary N) is 1. The highest BCUT2D eigenvalue weighted by Crippen LogP contribution is 2.31. The van der Waals surface area contributed by atoms with Gasteiger partial charge in [-0.25, -0.2) is 4.39 Å². The fourth-order valence-electron chi connectivity index (χ4n) is 2.48. The standard InChI is InChI=1S/C14H20FNO/c1-10(7-8-17-2)16-14-6-3-11-9-12(15)4-5-13(11)14/h4-5,9-10,14,16H,3,6-8H2,1-2H3. The van der Waals surface area contributed by atoms with Crippen LogP contribution >= 0.6 is 0 Å². The zero-order valence-corrected chi connectivity index (χ0v) is 10.5. The highest BCUT2D eigenvalue weighted by Gasteiger charge is 2.23. The molecule has 2 atom stereocenters. The molecule has 2 nitrogen and oxygen atoms in total. The van der Waals surface area contributed by atoms with E-state index in [4.69, 9.17) is 4.74 Å². The van der Waals surface area contributed by atoms with Gasteiger partial charge in [-0.2, -0.15) is 0 Å². The normalized spacial score (nSPS) is 20.3. The van der Waals surface area contributed by atoms with Gasteiger partial charge in [0.15, 0.2) is 0 Å². The van der Waals surface area contributed by atoms with E-state index in [2.05, 4.69) is 12.2 Å². The maximum Gasteiger partial charge on any atom is 0.123 e. The molecule has 0 heterocycles. The van der Waals surface area contributed by atoms with E-state index in [0.29, 0.717) is 12.1 Å². The molecule has 0 amide bonds. The molecule has 1 aliphatic carbocycles. The quantitative estimate of drug-likeness (QED) is 0.850. The van der Waals surface area contributed by atoms with Gasteiger partial charge in [-0.15, -0.1) is 0 Å². The van der Waals surface area contributed by atoms with Crippen molar-refractivity contribution in [2.24, 2.45) is 0 Å². The predicted octanol–water partition coefficient (Wildman–Crippen LogP) is 2.83. The van der Waals surface area contributed by atoms with Gasteiger partial charge in [-0.05, 0) is 49.4 Å². The Bertz CT molecular complexity index is 380. The molecule has 2 rings (SSSR count). The summed E-state index contributed by atoms with van der Waals surface area (Å²) in [6.07, 6.45) is 3.04. The van der Waals surface area contributed by atoms with Crippen LogP contribution in [0.1, 0.15) is 36.9 Å². The van der Waals surface area contributed by atoms with E-state index in [1.54, 1.807) is 19.2 Å². The second kappa shape index (κ2) is 5.61. The third kappa shape index (κ3) is 3.05. The van der Waals surface area contributed by atoms with E-state index >= 15 is 0 Å². The molecule has 2 unspecified atom stereocenters. The Morgan fingerprint density at radius 2 is 2.35 bits per heavy atom. The minimum Gasteiger partial charge on any atom is -0.385 e. The van der Waals surface area contributed by atoms with Crippen molar-refractivity contribution in [1.82, 2.24) is 5.32 Å². The van der Waals surface area contributed by atoms with Crippen molar-refractivity contribution in [3.63, 3.8) is 0 Å². The van der Waals surface area contributed by atoms with Gasteiger partial charge in [-0.3, -0.25) is 0 Å². The number of methoxy groups -OCH3 is 1. The van der Waals surface area contributed by atoms with E-state index < -0.39 is 0 Å². The molecule has 0 bridgehead atoms. The summed E-state index contributed by atoms with van der Waals surface area (Å²) in [5.74, 6) is -0.128. The number of aryl methyl sites for hydroxylation is 1. The second-order valence-corrected chi connectivity index (χ2v) is 4.78. The van der Waals surface area contributed by atoms with Crippen molar-refractivity contribution < 1.29 is 9.13 Å². The molecule has 0 saturated heterocycles. The summed E-state index contributed by atoms with van der Waals surface area (Å²) in [6, 6.07) is 5.93. The zero-order chi connectivity index (χ0) is 12.3. The predicted molar refractivity (Wildman–Crippen MR) is 66.6 cm³/mol. The Morgan fingerprint density at radius 1 is 1.53 bits per heavy atom. The minimum absolute atomic E-state index is 0.128. The Balaban J connectivity index is 1.97. The Kier molecular flexibility index (Phi) is 4.13. The van der Waals surface area contributed by atoms with E-state index in [1.165, 1.54) is 5.56 Å². The summed E-state index contributed by atoms with van der Waals surface area (Å²) in [4.78, 5) is 0. The van der Waals surface area contributed by atoms with Crippen molar-refractivity contribution in [2.45, 2.75) is 38.3 Å². The average Bonchev–Trinajstić information content (AvgIpc) is 2.69. The number of hydrogen-bond acceptors (Lipinski definition) is 2. The summed E-state index contributed by atoms with van der Waals surface area (Å²) < 4.78 is 18.2. The molecule has 1 aromatic carbocycles. The first-order chi connectivity index (χ1) is 8.20. The molecule has 1 aliphatic rings. The maximum atomic E-state index is 13.1. The summed E-state index contributed by atoms with van der Waals surface area (Å²) in [5.41, 5.74) is 2.41. The van der Waals surface area contributed by atoms with Crippen molar-refractivity contribution >= 4 is 0 Å². The fourth-order valence-corrected chi connectivity index (χ4v) is 2.48. The van der Waals surface area contributed by atoms with Crippen LogP contribution in [-0.2, 0) is 11.2 Å². The smallest absolute Gasteiger partial charge is 0.123 e. The molecule has 0 saturated carbocycles. The molecule has 17 heavy (non-hydrogen) atoms. The summed E-state index contributed by atoms with van der Waals surface area (Å²) in [6.45, 7) is 2.94. The Morgan fingerprint density at radius 3 is 3.12 bits per heavy atom. The number of benzene rings is 1. The summed E-state index contributed by atoms with van der Waals surface area (Å²) >= 11 is 0. The SMILES string of the molecule is COCCC(C)NC1CCc2cc(F)ccc21. The lowest BCUT2D eigenvalue weighted by molar-refractivity contribution is 0.182. The van der Waals surface area contributed by atoms with Gasteiger partial charge in [0.1, 0.15) is 5.82 Å². The molecular formula is C14H20FNO. The zero-order valence-electron chi connectivity index (χ0n) is 10.5. The fraction of sp³-hybridized carbons (Fsp3) is 0.571. The van der Waals surface area contributed by atoms with Crippen LogP contribution in [0.25, 0.3) is 0 Å². The number of fused-ring (bicyclic) bond motifs is 1. The summed E-state index contributed by atoms with van der Waals surface area (Å²) in [5, 5.41) is 3.59. The van der Waals surface area contributed by atoms with Crippen LogP contribution in [-0.4, -0.2) is 19.8 Å². The topological polar surface area (TPSA) is 21.3 Å². The van der Waals surface area contributed by atoms with Crippen LogP contribution in [0.2, 0.25) is 0 Å². The molecular weight excluding hydrogens is 217 g/mol. The first kappa shape index (κ1) is 12.5. The van der Waals surface area contributed by atoms with Gasteiger partial charge in [0.25, 0.3) is 0 Å². The molecule has 0 radical (unpaired) electrons. The van der Waals surface area contributed by atoms with Gasteiger partial charge in [0.2, 0.25) is 0 Å². The third-order valence-corrected chi connectivity index (χ3v) is 3.42. The lowest BCUT2D eigenvalue weighted by atomic mass is 10.1. The Labute approximate surface area is 102 Å². The molecule has 0 aliphatic heterocycles. The van der Waals surface area contributed by atoms with Crippen LogP contribution in [0.15, 0.2) is 18.2 Å². The first-order valence-electron chi connectivity index (χ1n) is 6.24. The highest BCUT2D eigenvalue weighted by atomic mass is 19.1. The molecule has 94 valence electrons. The lowest BCUT2D eigenvalue weighted by Gasteiger charge is -2.20. The van der Waals surface area contributed by atoms with E-state index in [1.807, 2.05) is 6.07 Å². The molecule has 0 aromatic heterocycles. The monoisotopic (exact) mass is 237 g/mol. The van der Waals surface area contributed by atoms with Gasteiger partial charge in [-0.1, -0.05) is 6.07 Å². The van der Waals surface area contributed by atoms with Crippen LogP contribution in [0, 0.1) is 5.82 Å². The number of hydrogen-bond donors (Lipinski definition) is 1. The van der Waals surface area contributed by atoms with Crippen molar-refractivity contribution in [1.29, 1.82) is 0 Å². The number of halogens is 1. The highest BCUT2D eigenvalue weighted by molar-refractivity contribution is 5.35. The second-order valence-electron chi connectivity index (χ2n) is 4.78. The van der Waals surface area contributed by atoms with Crippen LogP contribution in [0.4, 0.5) is 4.39 Å². The van der Waals surface area contributed by atoms with Crippen LogP contribution in [0.5, 0.6) is 0 Å².